The SMILES string of the molecule is COc1ccc(C2C3=C(CC(C)(C)CC3=O)Nc3ccccc3N2CC(=O)NCCc2ccc(Cl)cc2)cc1OC. The standard InChI is InChI=1S/C33H36ClN3O4/c1-33(2)18-25-31(27(38)19-33)32(22-11-14-28(40-3)29(17-22)41-4)37(26-8-6-5-7-24(26)36-25)20-30(39)35-16-15-21-9-12-23(34)13-10-21/h5-14,17,32,36H,15-16,18-20H2,1-4H3,(H,35,39). The number of para-hydroxylation sites is 2. The number of carbonyl (C=O) groups excluding carboxylic acids is 2. The van der Waals surface area contributed by atoms with Crippen LogP contribution >= 0.6 is 11.6 Å². The molecular formula is C33H36ClN3O4. The molecule has 0 saturated heterocycles. The summed E-state index contributed by atoms with van der Waals surface area (Å²) in [5.41, 5.74) is 5.03. The van der Waals surface area contributed by atoms with E-state index >= 15 is 0 Å². The molecule has 1 aliphatic carbocycles. The summed E-state index contributed by atoms with van der Waals surface area (Å²) >= 11 is 6.01. The normalized spacial score (nSPS) is 17.6. The minimum Gasteiger partial charge on any atom is -0.493 e. The molecule has 0 saturated carbocycles. The molecule has 1 heterocycles. The van der Waals surface area contributed by atoms with E-state index in [2.05, 4.69) is 24.5 Å². The van der Waals surface area contributed by atoms with Crippen molar-refractivity contribution in [2.75, 3.05) is 37.5 Å². The lowest BCUT2D eigenvalue weighted by molar-refractivity contribution is -0.120. The topological polar surface area (TPSA) is 79.9 Å². The van der Waals surface area contributed by atoms with Crippen LogP contribution in [0.3, 0.4) is 0 Å². The van der Waals surface area contributed by atoms with Gasteiger partial charge in [0.25, 0.3) is 0 Å². The fourth-order valence-corrected chi connectivity index (χ4v) is 5.93. The number of rotatable bonds is 8. The van der Waals surface area contributed by atoms with Crippen LogP contribution in [0.1, 0.15) is 43.9 Å². The van der Waals surface area contributed by atoms with Gasteiger partial charge in [-0.05, 0) is 65.8 Å². The minimum absolute atomic E-state index is 0.0613. The van der Waals surface area contributed by atoms with Gasteiger partial charge in [0.15, 0.2) is 17.3 Å². The predicted molar refractivity (Wildman–Crippen MR) is 163 cm³/mol. The second-order valence-corrected chi connectivity index (χ2v) is 11.8. The van der Waals surface area contributed by atoms with E-state index < -0.39 is 6.04 Å². The van der Waals surface area contributed by atoms with Crippen LogP contribution in [0, 0.1) is 5.41 Å². The first-order valence-electron chi connectivity index (χ1n) is 13.8. The number of anilines is 2. The number of nitrogens with zero attached hydrogens (tertiary/aromatic N) is 1. The maximum absolute atomic E-state index is 13.9. The lowest BCUT2D eigenvalue weighted by atomic mass is 9.73. The van der Waals surface area contributed by atoms with Gasteiger partial charge in [-0.3, -0.25) is 9.59 Å². The van der Waals surface area contributed by atoms with Crippen LogP contribution in [0.2, 0.25) is 5.02 Å². The number of methoxy groups -OCH3 is 2. The summed E-state index contributed by atoms with van der Waals surface area (Å²) in [6.07, 6.45) is 1.82. The van der Waals surface area contributed by atoms with Crippen molar-refractivity contribution in [2.24, 2.45) is 5.41 Å². The highest BCUT2D eigenvalue weighted by Crippen LogP contribution is 2.49. The zero-order valence-corrected chi connectivity index (χ0v) is 24.7. The second kappa shape index (κ2) is 11.9. The molecule has 7 nitrogen and oxygen atoms in total. The van der Waals surface area contributed by atoms with Crippen LogP contribution in [-0.2, 0) is 16.0 Å². The summed E-state index contributed by atoms with van der Waals surface area (Å²) < 4.78 is 11.1. The summed E-state index contributed by atoms with van der Waals surface area (Å²) in [6.45, 7) is 4.77. The third-order valence-electron chi connectivity index (χ3n) is 7.69. The molecule has 0 aromatic heterocycles. The maximum atomic E-state index is 13.9. The van der Waals surface area contributed by atoms with Crippen molar-refractivity contribution in [1.82, 2.24) is 5.32 Å². The van der Waals surface area contributed by atoms with E-state index in [1.807, 2.05) is 71.6 Å². The van der Waals surface area contributed by atoms with Gasteiger partial charge in [0.1, 0.15) is 0 Å². The highest BCUT2D eigenvalue weighted by molar-refractivity contribution is 6.30. The smallest absolute Gasteiger partial charge is 0.239 e. The summed E-state index contributed by atoms with van der Waals surface area (Å²) in [6, 6.07) is 20.7. The van der Waals surface area contributed by atoms with E-state index in [-0.39, 0.29) is 23.7 Å². The molecule has 0 radical (unpaired) electrons. The highest BCUT2D eigenvalue weighted by atomic mass is 35.5. The minimum atomic E-state index is -0.508. The van der Waals surface area contributed by atoms with Gasteiger partial charge in [-0.25, -0.2) is 0 Å². The third-order valence-corrected chi connectivity index (χ3v) is 7.94. The summed E-state index contributed by atoms with van der Waals surface area (Å²) in [5.74, 6) is 1.10. The molecule has 1 amide bonds. The Morgan fingerprint density at radius 1 is 1.02 bits per heavy atom. The summed E-state index contributed by atoms with van der Waals surface area (Å²) in [7, 11) is 3.19. The molecule has 2 aliphatic rings. The van der Waals surface area contributed by atoms with Crippen LogP contribution in [0.4, 0.5) is 11.4 Å². The number of nitrogens with one attached hydrogen (secondary N) is 2. The third kappa shape index (κ3) is 6.20. The molecule has 8 heteroatoms. The number of benzene rings is 3. The number of Topliss-reactive ketones (excluding diaryl/α,β-unsaturated/α-hetero) is 1. The van der Waals surface area contributed by atoms with E-state index in [4.69, 9.17) is 21.1 Å². The highest BCUT2D eigenvalue weighted by Gasteiger charge is 2.42. The van der Waals surface area contributed by atoms with Gasteiger partial charge < -0.3 is 25.0 Å². The zero-order chi connectivity index (χ0) is 29.1. The van der Waals surface area contributed by atoms with E-state index in [0.717, 1.165) is 28.2 Å². The summed E-state index contributed by atoms with van der Waals surface area (Å²) in [4.78, 5) is 29.4. The van der Waals surface area contributed by atoms with Crippen LogP contribution in [-0.4, -0.2) is 39.0 Å². The average molecular weight is 574 g/mol. The number of fused-ring (bicyclic) bond motifs is 1. The number of allylic oxidation sites excluding steroid dienone is 1. The Hall–Kier alpha value is -3.97. The predicted octanol–water partition coefficient (Wildman–Crippen LogP) is 6.33. The maximum Gasteiger partial charge on any atom is 0.239 e. The lowest BCUT2D eigenvalue weighted by Gasteiger charge is -2.38. The number of carbonyl (C=O) groups is 2. The molecule has 1 atom stereocenters. The largest absolute Gasteiger partial charge is 0.493 e. The van der Waals surface area contributed by atoms with Crippen LogP contribution in [0.25, 0.3) is 0 Å². The monoisotopic (exact) mass is 573 g/mol. The van der Waals surface area contributed by atoms with Gasteiger partial charge in [0, 0.05) is 29.3 Å². The van der Waals surface area contributed by atoms with Crippen LogP contribution in [0.15, 0.2) is 78.0 Å². The summed E-state index contributed by atoms with van der Waals surface area (Å²) in [5, 5.41) is 7.35. The molecule has 214 valence electrons. The van der Waals surface area contributed by atoms with Crippen molar-refractivity contribution in [1.29, 1.82) is 0 Å². The molecular weight excluding hydrogens is 538 g/mol. The molecule has 5 rings (SSSR count). The molecule has 0 spiro atoms. The number of halogens is 1. The first-order chi connectivity index (χ1) is 19.7. The van der Waals surface area contributed by atoms with E-state index in [0.29, 0.717) is 47.9 Å². The number of hydrogen-bond acceptors (Lipinski definition) is 6. The Bertz CT molecular complexity index is 1480. The number of amides is 1. The lowest BCUT2D eigenvalue weighted by Crippen LogP contribution is -2.42. The van der Waals surface area contributed by atoms with E-state index in [9.17, 15) is 9.59 Å². The average Bonchev–Trinajstić information content (AvgIpc) is 3.07. The molecule has 3 aromatic rings. The van der Waals surface area contributed by atoms with Crippen LogP contribution < -0.4 is 25.0 Å². The fourth-order valence-electron chi connectivity index (χ4n) is 5.80. The Balaban J connectivity index is 1.54. The van der Waals surface area contributed by atoms with Gasteiger partial charge in [-0.15, -0.1) is 0 Å². The van der Waals surface area contributed by atoms with Crippen molar-refractivity contribution in [3.05, 3.63) is 94.1 Å². The molecule has 0 fully saturated rings. The van der Waals surface area contributed by atoms with Gasteiger partial charge in [-0.2, -0.15) is 0 Å². The fraction of sp³-hybridized carbons (Fsp3) is 0.333. The van der Waals surface area contributed by atoms with Gasteiger partial charge in [0.2, 0.25) is 5.91 Å². The van der Waals surface area contributed by atoms with Crippen molar-refractivity contribution in [2.45, 2.75) is 39.2 Å². The van der Waals surface area contributed by atoms with Crippen molar-refractivity contribution in [3.8, 4) is 11.5 Å². The quantitative estimate of drug-likeness (QED) is 0.328. The first kappa shape index (κ1) is 28.6. The van der Waals surface area contributed by atoms with Crippen molar-refractivity contribution < 1.29 is 19.1 Å². The van der Waals surface area contributed by atoms with Crippen molar-refractivity contribution >= 4 is 34.7 Å². The zero-order valence-electron chi connectivity index (χ0n) is 23.9. The number of hydrogen-bond donors (Lipinski definition) is 2. The van der Waals surface area contributed by atoms with Gasteiger partial charge in [-0.1, -0.05) is 55.8 Å². The van der Waals surface area contributed by atoms with Gasteiger partial charge in [0.05, 0.1) is 38.2 Å². The number of ether oxygens (including phenoxy) is 2. The second-order valence-electron chi connectivity index (χ2n) is 11.3. The Kier molecular flexibility index (Phi) is 8.27. The van der Waals surface area contributed by atoms with E-state index in [1.165, 1.54) is 0 Å². The molecule has 1 unspecified atom stereocenters. The Morgan fingerprint density at radius 3 is 2.49 bits per heavy atom. The molecule has 41 heavy (non-hydrogen) atoms. The van der Waals surface area contributed by atoms with Gasteiger partial charge >= 0.3 is 0 Å². The molecule has 0 bridgehead atoms. The molecule has 3 aromatic carbocycles. The Labute approximate surface area is 246 Å². The molecule has 2 N–H and O–H groups in total. The Morgan fingerprint density at radius 2 is 1.76 bits per heavy atom. The van der Waals surface area contributed by atoms with Crippen LogP contribution in [0.5, 0.6) is 11.5 Å². The van der Waals surface area contributed by atoms with E-state index in [1.54, 1.807) is 14.2 Å². The first-order valence-corrected chi connectivity index (χ1v) is 14.2. The molecule has 1 aliphatic heterocycles. The van der Waals surface area contributed by atoms with Crippen molar-refractivity contribution in [3.63, 3.8) is 0 Å². The number of ketones is 1.